The Labute approximate surface area is 122 Å². The van der Waals surface area contributed by atoms with Gasteiger partial charge in [0, 0.05) is 12.6 Å². The lowest BCUT2D eigenvalue weighted by Gasteiger charge is -2.19. The molecule has 0 saturated carbocycles. The van der Waals surface area contributed by atoms with Crippen molar-refractivity contribution >= 4 is 12.0 Å². The summed E-state index contributed by atoms with van der Waals surface area (Å²) < 4.78 is 0. The van der Waals surface area contributed by atoms with E-state index in [0.717, 1.165) is 19.3 Å². The Morgan fingerprint density at radius 2 is 1.80 bits per heavy atom. The lowest BCUT2D eigenvalue weighted by molar-refractivity contribution is -0.137. The topological polar surface area (TPSA) is 78.4 Å². The Balaban J connectivity index is 4.07. The Bertz CT molecular complexity index is 282. The zero-order chi connectivity index (χ0) is 15.4. The van der Waals surface area contributed by atoms with E-state index in [-0.39, 0.29) is 18.5 Å². The average Bonchev–Trinajstić information content (AvgIpc) is 2.38. The number of carboxylic acid groups (broad SMARTS) is 1. The Hall–Kier alpha value is -1.26. The van der Waals surface area contributed by atoms with Crippen molar-refractivity contribution in [2.75, 3.05) is 6.54 Å². The molecule has 0 saturated heterocycles. The van der Waals surface area contributed by atoms with Crippen LogP contribution in [0, 0.1) is 5.92 Å². The van der Waals surface area contributed by atoms with Gasteiger partial charge in [0.15, 0.2) is 0 Å². The van der Waals surface area contributed by atoms with Crippen LogP contribution >= 0.6 is 0 Å². The summed E-state index contributed by atoms with van der Waals surface area (Å²) in [6.45, 7) is 6.93. The first-order chi connectivity index (χ1) is 9.53. The van der Waals surface area contributed by atoms with Gasteiger partial charge in [0.25, 0.3) is 0 Å². The molecule has 0 heterocycles. The van der Waals surface area contributed by atoms with Gasteiger partial charge in [-0.15, -0.1) is 0 Å². The molecule has 0 radical (unpaired) electrons. The van der Waals surface area contributed by atoms with Crippen LogP contribution in [0.5, 0.6) is 0 Å². The summed E-state index contributed by atoms with van der Waals surface area (Å²) in [6.07, 6.45) is 6.04. The van der Waals surface area contributed by atoms with Crippen molar-refractivity contribution in [1.29, 1.82) is 0 Å². The lowest BCUT2D eigenvalue weighted by Crippen LogP contribution is -2.44. The van der Waals surface area contributed by atoms with Gasteiger partial charge in [0.1, 0.15) is 0 Å². The molecule has 0 aliphatic carbocycles. The Morgan fingerprint density at radius 3 is 2.30 bits per heavy atom. The highest BCUT2D eigenvalue weighted by Gasteiger charge is 2.15. The van der Waals surface area contributed by atoms with Crippen molar-refractivity contribution in [2.24, 2.45) is 5.92 Å². The maximum atomic E-state index is 11.8. The molecule has 5 heteroatoms. The number of rotatable bonds is 11. The predicted octanol–water partition coefficient (Wildman–Crippen LogP) is 3.15. The van der Waals surface area contributed by atoms with Crippen molar-refractivity contribution in [2.45, 2.75) is 71.8 Å². The molecule has 2 amide bonds. The molecule has 0 aliphatic rings. The van der Waals surface area contributed by atoms with Crippen LogP contribution in [0.1, 0.15) is 65.7 Å². The third kappa shape index (κ3) is 9.64. The van der Waals surface area contributed by atoms with Crippen molar-refractivity contribution in [1.82, 2.24) is 10.6 Å². The van der Waals surface area contributed by atoms with E-state index in [9.17, 15) is 9.59 Å². The molecule has 5 nitrogen and oxygen atoms in total. The van der Waals surface area contributed by atoms with E-state index in [1.54, 1.807) is 0 Å². The molecule has 3 N–H and O–H groups in total. The molecular formula is C15H30N2O3. The van der Waals surface area contributed by atoms with Crippen LogP contribution in [0.4, 0.5) is 4.79 Å². The standard InChI is InChI=1S/C15H30N2O3/c1-4-7-9-12(6-3)11-16-15(20)17-13(8-5-2)10-14(18)19/h12-13H,4-11H2,1-3H3,(H,18,19)(H2,16,17,20). The second-order valence-corrected chi connectivity index (χ2v) is 5.35. The number of unbranched alkanes of at least 4 members (excludes halogenated alkanes) is 1. The number of aliphatic carboxylic acids is 1. The summed E-state index contributed by atoms with van der Waals surface area (Å²) in [4.78, 5) is 22.5. The fourth-order valence-corrected chi connectivity index (χ4v) is 2.20. The highest BCUT2D eigenvalue weighted by Crippen LogP contribution is 2.11. The van der Waals surface area contributed by atoms with Crippen LogP contribution in [0.15, 0.2) is 0 Å². The number of amides is 2. The van der Waals surface area contributed by atoms with Gasteiger partial charge in [0.05, 0.1) is 6.42 Å². The maximum absolute atomic E-state index is 11.8. The van der Waals surface area contributed by atoms with Crippen molar-refractivity contribution in [3.8, 4) is 0 Å². The fourth-order valence-electron chi connectivity index (χ4n) is 2.20. The molecule has 2 atom stereocenters. The normalized spacial score (nSPS) is 13.6. The van der Waals surface area contributed by atoms with Gasteiger partial charge < -0.3 is 15.7 Å². The van der Waals surface area contributed by atoms with Crippen molar-refractivity contribution in [3.05, 3.63) is 0 Å². The van der Waals surface area contributed by atoms with Gasteiger partial charge >= 0.3 is 12.0 Å². The van der Waals surface area contributed by atoms with Crippen LogP contribution in [0.2, 0.25) is 0 Å². The first-order valence-electron chi connectivity index (χ1n) is 7.79. The average molecular weight is 286 g/mol. The smallest absolute Gasteiger partial charge is 0.315 e. The third-order valence-electron chi connectivity index (χ3n) is 3.49. The molecule has 0 aromatic heterocycles. The van der Waals surface area contributed by atoms with Gasteiger partial charge in [-0.05, 0) is 18.8 Å². The molecule has 20 heavy (non-hydrogen) atoms. The number of carboxylic acids is 1. The van der Waals surface area contributed by atoms with Gasteiger partial charge in [-0.1, -0.05) is 46.5 Å². The van der Waals surface area contributed by atoms with Crippen molar-refractivity contribution in [3.63, 3.8) is 0 Å². The van der Waals surface area contributed by atoms with Crippen LogP contribution in [-0.2, 0) is 4.79 Å². The Morgan fingerprint density at radius 1 is 1.10 bits per heavy atom. The minimum Gasteiger partial charge on any atom is -0.481 e. The molecule has 0 spiro atoms. The van der Waals surface area contributed by atoms with E-state index in [2.05, 4.69) is 24.5 Å². The monoisotopic (exact) mass is 286 g/mol. The molecular weight excluding hydrogens is 256 g/mol. The molecule has 0 aliphatic heterocycles. The van der Waals surface area contributed by atoms with E-state index in [4.69, 9.17) is 5.11 Å². The zero-order valence-electron chi connectivity index (χ0n) is 13.1. The van der Waals surface area contributed by atoms with E-state index < -0.39 is 5.97 Å². The van der Waals surface area contributed by atoms with E-state index in [1.807, 2.05) is 6.92 Å². The minimum absolute atomic E-state index is 0.0195. The number of hydrogen-bond acceptors (Lipinski definition) is 2. The summed E-state index contributed by atoms with van der Waals surface area (Å²) in [6, 6.07) is -0.534. The van der Waals surface area contributed by atoms with Gasteiger partial charge in [-0.3, -0.25) is 4.79 Å². The van der Waals surface area contributed by atoms with Crippen LogP contribution in [0.3, 0.4) is 0 Å². The van der Waals surface area contributed by atoms with E-state index in [0.29, 0.717) is 18.9 Å². The maximum Gasteiger partial charge on any atom is 0.315 e. The molecule has 0 aromatic rings. The highest BCUT2D eigenvalue weighted by molar-refractivity contribution is 5.75. The largest absolute Gasteiger partial charge is 0.481 e. The molecule has 0 bridgehead atoms. The summed E-state index contributed by atoms with van der Waals surface area (Å²) in [5.41, 5.74) is 0. The van der Waals surface area contributed by atoms with E-state index in [1.165, 1.54) is 12.8 Å². The molecule has 0 fully saturated rings. The fraction of sp³-hybridized carbons (Fsp3) is 0.867. The number of carbonyl (C=O) groups excluding carboxylic acids is 1. The molecule has 0 rings (SSSR count). The quantitative estimate of drug-likeness (QED) is 0.546. The highest BCUT2D eigenvalue weighted by atomic mass is 16.4. The number of carbonyl (C=O) groups is 2. The third-order valence-corrected chi connectivity index (χ3v) is 3.49. The van der Waals surface area contributed by atoms with Crippen LogP contribution in [-0.4, -0.2) is 29.7 Å². The summed E-state index contributed by atoms with van der Waals surface area (Å²) in [5.74, 6) is -0.372. The molecule has 2 unspecified atom stereocenters. The SMILES string of the molecule is CCCCC(CC)CNC(=O)NC(CCC)CC(=O)O. The summed E-state index contributed by atoms with van der Waals surface area (Å²) in [7, 11) is 0. The summed E-state index contributed by atoms with van der Waals surface area (Å²) in [5, 5.41) is 14.4. The second kappa shape index (κ2) is 11.6. The first kappa shape index (κ1) is 18.7. The van der Waals surface area contributed by atoms with Crippen LogP contribution < -0.4 is 10.6 Å². The van der Waals surface area contributed by atoms with E-state index >= 15 is 0 Å². The number of urea groups is 1. The summed E-state index contributed by atoms with van der Waals surface area (Å²) >= 11 is 0. The molecule has 0 aromatic carbocycles. The van der Waals surface area contributed by atoms with Crippen LogP contribution in [0.25, 0.3) is 0 Å². The van der Waals surface area contributed by atoms with Gasteiger partial charge in [0.2, 0.25) is 0 Å². The van der Waals surface area contributed by atoms with Crippen molar-refractivity contribution < 1.29 is 14.7 Å². The lowest BCUT2D eigenvalue weighted by atomic mass is 9.99. The Kier molecular flexibility index (Phi) is 10.8. The minimum atomic E-state index is -0.877. The number of hydrogen-bond donors (Lipinski definition) is 3. The second-order valence-electron chi connectivity index (χ2n) is 5.35. The van der Waals surface area contributed by atoms with Gasteiger partial charge in [-0.2, -0.15) is 0 Å². The molecule has 118 valence electrons. The first-order valence-corrected chi connectivity index (χ1v) is 7.79. The predicted molar refractivity (Wildman–Crippen MR) is 80.8 cm³/mol. The zero-order valence-corrected chi connectivity index (χ0v) is 13.1. The van der Waals surface area contributed by atoms with Gasteiger partial charge in [-0.25, -0.2) is 4.79 Å². The number of nitrogens with one attached hydrogen (secondary N) is 2.